The fraction of sp³-hybridized carbons (Fsp3) is 0.611. The minimum atomic E-state index is -1.35. The lowest BCUT2D eigenvalue weighted by molar-refractivity contribution is -0.456. The maximum atomic E-state index is 11.6. The zero-order chi connectivity index (χ0) is 19.4. The summed E-state index contributed by atoms with van der Waals surface area (Å²) in [5.74, 6) is 1.09. The number of hydrogen-bond acceptors (Lipinski definition) is 5. The zero-order valence-corrected chi connectivity index (χ0v) is 16.3. The Kier molecular flexibility index (Phi) is 11.6. The second-order valence-electron chi connectivity index (χ2n) is 6.02. The Balaban J connectivity index is 2.40. The van der Waals surface area contributed by atoms with Gasteiger partial charge in [0.1, 0.15) is 6.10 Å². The maximum absolute atomic E-state index is 11.6. The van der Waals surface area contributed by atoms with Crippen LogP contribution in [0.15, 0.2) is 24.3 Å². The second kappa shape index (κ2) is 13.2. The third-order valence-electron chi connectivity index (χ3n) is 4.00. The van der Waals surface area contributed by atoms with Crippen molar-refractivity contribution in [1.82, 2.24) is 0 Å². The van der Waals surface area contributed by atoms with Gasteiger partial charge in [-0.15, -0.1) is 23.2 Å². The van der Waals surface area contributed by atoms with Crippen molar-refractivity contribution in [3.63, 3.8) is 0 Å². The number of nitrogens with zero attached hydrogens (tertiary/aromatic N) is 2. The molecule has 0 saturated carbocycles. The number of aliphatic hydroxyl groups is 3. The van der Waals surface area contributed by atoms with E-state index in [1.165, 1.54) is 5.56 Å². The zero-order valence-electron chi connectivity index (χ0n) is 14.8. The molecule has 1 aromatic carbocycles. The molecule has 0 heterocycles. The van der Waals surface area contributed by atoms with Crippen LogP contribution in [0.1, 0.15) is 18.4 Å². The lowest BCUT2D eigenvalue weighted by Gasteiger charge is -2.23. The molecule has 8 heteroatoms. The normalized spacial score (nSPS) is 14.3. The highest BCUT2D eigenvalue weighted by Gasteiger charge is 2.16. The number of anilines is 1. The maximum Gasteiger partial charge on any atom is 0.182 e. The van der Waals surface area contributed by atoms with E-state index >= 15 is 0 Å². The van der Waals surface area contributed by atoms with E-state index in [-0.39, 0.29) is 6.54 Å². The van der Waals surface area contributed by atoms with Gasteiger partial charge in [0.25, 0.3) is 0 Å². The van der Waals surface area contributed by atoms with Crippen molar-refractivity contribution in [3.05, 3.63) is 35.0 Å². The van der Waals surface area contributed by atoms with Crippen LogP contribution in [0, 0.1) is 5.21 Å². The van der Waals surface area contributed by atoms with Gasteiger partial charge in [-0.3, -0.25) is 0 Å². The van der Waals surface area contributed by atoms with Crippen molar-refractivity contribution >= 4 is 35.1 Å². The van der Waals surface area contributed by atoms with E-state index in [0.29, 0.717) is 22.9 Å². The molecule has 1 rings (SSSR count). The van der Waals surface area contributed by atoms with Crippen LogP contribution in [0.25, 0.3) is 0 Å². The van der Waals surface area contributed by atoms with E-state index in [1.807, 2.05) is 0 Å². The van der Waals surface area contributed by atoms with Gasteiger partial charge in [-0.2, -0.15) is 0 Å². The van der Waals surface area contributed by atoms with Gasteiger partial charge in [0, 0.05) is 37.0 Å². The Morgan fingerprint density at radius 2 is 1.69 bits per heavy atom. The molecule has 0 radical (unpaired) electrons. The molecule has 0 aliphatic carbocycles. The lowest BCUT2D eigenvalue weighted by Crippen LogP contribution is -2.33. The molecule has 0 unspecified atom stereocenters. The Morgan fingerprint density at radius 1 is 1.08 bits per heavy atom. The van der Waals surface area contributed by atoms with Crippen molar-refractivity contribution in [2.24, 2.45) is 0 Å². The van der Waals surface area contributed by atoms with E-state index in [2.05, 4.69) is 29.2 Å². The van der Waals surface area contributed by atoms with Gasteiger partial charge in [-0.05, 0) is 30.5 Å². The van der Waals surface area contributed by atoms with Crippen molar-refractivity contribution in [2.45, 2.75) is 31.5 Å². The summed E-state index contributed by atoms with van der Waals surface area (Å²) in [5.41, 5.74) is 2.27. The summed E-state index contributed by atoms with van der Waals surface area (Å²) in [5, 5.41) is 39.0. The number of aryl methyl sites for hydroxylation is 1. The predicted molar refractivity (Wildman–Crippen MR) is 107 cm³/mol. The SMILES string of the molecule is [O-]/[N+](=C\[C@@H](O)[C@H](O)CO)CCCCc1ccc(N(CCCl)CCCl)cc1. The predicted octanol–water partition coefficient (Wildman–Crippen LogP) is 1.59. The first-order valence-corrected chi connectivity index (χ1v) is 9.80. The van der Waals surface area contributed by atoms with Gasteiger partial charge >= 0.3 is 0 Å². The number of benzene rings is 1. The van der Waals surface area contributed by atoms with Gasteiger partial charge in [-0.25, -0.2) is 4.74 Å². The van der Waals surface area contributed by atoms with Gasteiger partial charge in [0.15, 0.2) is 18.9 Å². The quantitative estimate of drug-likeness (QED) is 0.115. The molecule has 0 aliphatic rings. The molecule has 0 aromatic heterocycles. The minimum Gasteiger partial charge on any atom is -0.624 e. The highest BCUT2D eigenvalue weighted by Crippen LogP contribution is 2.16. The van der Waals surface area contributed by atoms with Crippen molar-refractivity contribution < 1.29 is 20.1 Å². The molecule has 0 aliphatic heterocycles. The van der Waals surface area contributed by atoms with Crippen LogP contribution < -0.4 is 4.90 Å². The number of hydrogen-bond donors (Lipinski definition) is 3. The molecule has 1 aromatic rings. The molecule has 0 amide bonds. The minimum absolute atomic E-state index is 0.229. The number of unbranched alkanes of at least 4 members (excludes halogenated alkanes) is 1. The molecule has 26 heavy (non-hydrogen) atoms. The van der Waals surface area contributed by atoms with Crippen LogP contribution in [0.3, 0.4) is 0 Å². The summed E-state index contributed by atoms with van der Waals surface area (Å²) in [6.07, 6.45) is 0.640. The number of hydroxylamine groups is 1. The fourth-order valence-electron chi connectivity index (χ4n) is 2.50. The van der Waals surface area contributed by atoms with Crippen LogP contribution >= 0.6 is 23.2 Å². The van der Waals surface area contributed by atoms with Crippen LogP contribution in [0.5, 0.6) is 0 Å². The highest BCUT2D eigenvalue weighted by molar-refractivity contribution is 6.18. The standard InChI is InChI=1S/C18H28Cl2N2O4/c19-8-11-21(12-9-20)16-6-4-15(5-7-16)3-1-2-10-22(26)13-17(24)18(25)14-23/h4-7,13,17-18,23-25H,1-3,8-12,14H2/b22-13-/t17-,18-/m1/s1. The van der Waals surface area contributed by atoms with Crippen LogP contribution in [-0.4, -0.2) is 76.5 Å². The second-order valence-corrected chi connectivity index (χ2v) is 6.77. The summed E-state index contributed by atoms with van der Waals surface area (Å²) in [4.78, 5) is 2.14. The molecule has 0 spiro atoms. The van der Waals surface area contributed by atoms with Crippen LogP contribution in [0.4, 0.5) is 5.69 Å². The van der Waals surface area contributed by atoms with Crippen molar-refractivity contribution in [3.8, 4) is 0 Å². The molecule has 0 fully saturated rings. The van der Waals surface area contributed by atoms with Crippen LogP contribution in [-0.2, 0) is 6.42 Å². The molecule has 2 atom stereocenters. The van der Waals surface area contributed by atoms with E-state index in [9.17, 15) is 15.4 Å². The number of rotatable bonds is 13. The molecule has 0 saturated heterocycles. The molecule has 0 bridgehead atoms. The molecule has 148 valence electrons. The van der Waals surface area contributed by atoms with Gasteiger partial charge in [0.2, 0.25) is 0 Å². The molecule has 3 N–H and O–H groups in total. The van der Waals surface area contributed by atoms with E-state index in [0.717, 1.165) is 37.8 Å². The summed E-state index contributed by atoms with van der Waals surface area (Å²) in [6.45, 7) is 1.14. The topological polar surface area (TPSA) is 90.0 Å². The first-order chi connectivity index (χ1) is 12.5. The molecular weight excluding hydrogens is 379 g/mol. The largest absolute Gasteiger partial charge is 0.624 e. The molecule has 6 nitrogen and oxygen atoms in total. The first-order valence-electron chi connectivity index (χ1n) is 8.73. The Bertz CT molecular complexity index is 522. The van der Waals surface area contributed by atoms with Gasteiger partial charge in [-0.1, -0.05) is 12.1 Å². The Labute approximate surface area is 164 Å². The number of aliphatic hydroxyl groups excluding tert-OH is 3. The van der Waals surface area contributed by atoms with Crippen molar-refractivity contribution in [1.29, 1.82) is 0 Å². The number of alkyl halides is 2. The summed E-state index contributed by atoms with van der Waals surface area (Å²) in [6, 6.07) is 8.23. The fourth-order valence-corrected chi connectivity index (χ4v) is 2.90. The van der Waals surface area contributed by atoms with Gasteiger partial charge < -0.3 is 25.4 Å². The molecular formula is C18H28Cl2N2O4. The van der Waals surface area contributed by atoms with E-state index < -0.39 is 18.8 Å². The third-order valence-corrected chi connectivity index (χ3v) is 4.34. The van der Waals surface area contributed by atoms with Crippen molar-refractivity contribution in [2.75, 3.05) is 42.9 Å². The highest BCUT2D eigenvalue weighted by atomic mass is 35.5. The van der Waals surface area contributed by atoms with Crippen LogP contribution in [0.2, 0.25) is 0 Å². The van der Waals surface area contributed by atoms with Gasteiger partial charge in [0.05, 0.1) is 6.61 Å². The summed E-state index contributed by atoms with van der Waals surface area (Å²) >= 11 is 11.6. The summed E-state index contributed by atoms with van der Waals surface area (Å²) in [7, 11) is 0. The Morgan fingerprint density at radius 3 is 2.23 bits per heavy atom. The van der Waals surface area contributed by atoms with E-state index in [4.69, 9.17) is 28.3 Å². The number of halogens is 2. The summed E-state index contributed by atoms with van der Waals surface area (Å²) < 4.78 is 0.600. The first kappa shape index (κ1) is 23.0. The smallest absolute Gasteiger partial charge is 0.182 e. The Hall–Kier alpha value is -1.05. The monoisotopic (exact) mass is 406 g/mol. The average Bonchev–Trinajstić information content (AvgIpc) is 2.64. The lowest BCUT2D eigenvalue weighted by atomic mass is 10.1. The van der Waals surface area contributed by atoms with E-state index in [1.54, 1.807) is 0 Å². The average molecular weight is 407 g/mol. The third kappa shape index (κ3) is 8.56.